The van der Waals surface area contributed by atoms with E-state index in [1.165, 1.54) is 28.6 Å². The Morgan fingerprint density at radius 1 is 1.20 bits per heavy atom. The Hall–Kier alpha value is -1.24. The van der Waals surface area contributed by atoms with Crippen molar-refractivity contribution in [3.05, 3.63) is 35.5 Å². The fourth-order valence-corrected chi connectivity index (χ4v) is 1.90. The van der Waals surface area contributed by atoms with Crippen molar-refractivity contribution >= 4 is 10.9 Å². The highest BCUT2D eigenvalue weighted by atomic mass is 14.7. The summed E-state index contributed by atoms with van der Waals surface area (Å²) in [5.41, 5.74) is 4.18. The Bertz CT molecular complexity index is 477. The molecule has 0 amide bonds. The zero-order valence-corrected chi connectivity index (χ0v) is 10.0. The SMILES string of the molecule is CCC(C)(C)c1ccc2[nH]c(C)cc2c1. The fourth-order valence-electron chi connectivity index (χ4n) is 1.90. The van der Waals surface area contributed by atoms with Crippen molar-refractivity contribution in [2.45, 2.75) is 39.5 Å². The second-order valence-corrected chi connectivity index (χ2v) is 4.99. The Labute approximate surface area is 91.5 Å². The van der Waals surface area contributed by atoms with Crippen LogP contribution in [0.5, 0.6) is 0 Å². The van der Waals surface area contributed by atoms with E-state index >= 15 is 0 Å². The molecular weight excluding hydrogens is 182 g/mol. The van der Waals surface area contributed by atoms with Crippen LogP contribution in [-0.4, -0.2) is 4.98 Å². The molecule has 80 valence electrons. The molecule has 1 aromatic heterocycles. The lowest BCUT2D eigenvalue weighted by molar-refractivity contribution is 0.507. The van der Waals surface area contributed by atoms with Crippen LogP contribution in [0.2, 0.25) is 0 Å². The molecule has 0 radical (unpaired) electrons. The topological polar surface area (TPSA) is 15.8 Å². The van der Waals surface area contributed by atoms with E-state index < -0.39 is 0 Å². The van der Waals surface area contributed by atoms with E-state index in [1.807, 2.05) is 0 Å². The first kappa shape index (κ1) is 10.3. The Balaban J connectivity index is 2.55. The summed E-state index contributed by atoms with van der Waals surface area (Å²) in [7, 11) is 0. The van der Waals surface area contributed by atoms with Gasteiger partial charge in [-0.2, -0.15) is 0 Å². The van der Waals surface area contributed by atoms with E-state index in [0.29, 0.717) is 0 Å². The van der Waals surface area contributed by atoms with Gasteiger partial charge in [-0.1, -0.05) is 26.8 Å². The van der Waals surface area contributed by atoms with Gasteiger partial charge in [-0.05, 0) is 47.9 Å². The van der Waals surface area contributed by atoms with E-state index in [1.54, 1.807) is 0 Å². The molecule has 0 fully saturated rings. The molecular formula is C14H19N. The quantitative estimate of drug-likeness (QED) is 0.750. The molecule has 1 aromatic carbocycles. The van der Waals surface area contributed by atoms with Gasteiger partial charge in [0.05, 0.1) is 0 Å². The van der Waals surface area contributed by atoms with E-state index in [9.17, 15) is 0 Å². The summed E-state index contributed by atoms with van der Waals surface area (Å²) < 4.78 is 0. The zero-order valence-electron chi connectivity index (χ0n) is 10.0. The molecule has 0 saturated heterocycles. The van der Waals surface area contributed by atoms with Crippen molar-refractivity contribution in [2.24, 2.45) is 0 Å². The molecule has 0 saturated carbocycles. The number of aromatic amines is 1. The van der Waals surface area contributed by atoms with Gasteiger partial charge in [-0.3, -0.25) is 0 Å². The molecule has 1 N–H and O–H groups in total. The van der Waals surface area contributed by atoms with Crippen molar-refractivity contribution in [2.75, 3.05) is 0 Å². The summed E-state index contributed by atoms with van der Waals surface area (Å²) >= 11 is 0. The molecule has 2 rings (SSSR count). The highest BCUT2D eigenvalue weighted by Gasteiger charge is 2.18. The second-order valence-electron chi connectivity index (χ2n) is 4.99. The molecule has 1 nitrogen and oxygen atoms in total. The number of hydrogen-bond donors (Lipinski definition) is 1. The van der Waals surface area contributed by atoms with Crippen LogP contribution in [0, 0.1) is 6.92 Å². The smallest absolute Gasteiger partial charge is 0.0456 e. The first-order valence-corrected chi connectivity index (χ1v) is 5.63. The van der Waals surface area contributed by atoms with Crippen LogP contribution in [0.1, 0.15) is 38.4 Å². The molecule has 1 heteroatoms. The van der Waals surface area contributed by atoms with Crippen LogP contribution >= 0.6 is 0 Å². The third-order valence-electron chi connectivity index (χ3n) is 3.42. The van der Waals surface area contributed by atoms with Gasteiger partial charge in [0, 0.05) is 11.2 Å². The van der Waals surface area contributed by atoms with E-state index in [2.05, 4.69) is 56.9 Å². The van der Waals surface area contributed by atoms with Crippen molar-refractivity contribution < 1.29 is 0 Å². The van der Waals surface area contributed by atoms with E-state index in [4.69, 9.17) is 0 Å². The summed E-state index contributed by atoms with van der Waals surface area (Å²) in [4.78, 5) is 3.36. The molecule has 0 aliphatic carbocycles. The number of benzene rings is 1. The maximum Gasteiger partial charge on any atom is 0.0456 e. The summed E-state index contributed by atoms with van der Waals surface area (Å²) in [5.74, 6) is 0. The molecule has 1 heterocycles. The lowest BCUT2D eigenvalue weighted by Gasteiger charge is -2.23. The number of hydrogen-bond acceptors (Lipinski definition) is 0. The minimum absolute atomic E-state index is 0.277. The Morgan fingerprint density at radius 2 is 1.93 bits per heavy atom. The average molecular weight is 201 g/mol. The molecule has 0 atom stereocenters. The van der Waals surface area contributed by atoms with Crippen LogP contribution in [0.15, 0.2) is 24.3 Å². The van der Waals surface area contributed by atoms with Crippen molar-refractivity contribution in [1.82, 2.24) is 4.98 Å². The van der Waals surface area contributed by atoms with Crippen LogP contribution < -0.4 is 0 Å². The van der Waals surface area contributed by atoms with Gasteiger partial charge < -0.3 is 4.98 Å². The number of rotatable bonds is 2. The van der Waals surface area contributed by atoms with Gasteiger partial charge in [0.1, 0.15) is 0 Å². The van der Waals surface area contributed by atoms with E-state index in [0.717, 1.165) is 0 Å². The molecule has 0 aliphatic heterocycles. The third-order valence-corrected chi connectivity index (χ3v) is 3.42. The number of fused-ring (bicyclic) bond motifs is 1. The maximum atomic E-state index is 3.36. The van der Waals surface area contributed by atoms with Gasteiger partial charge in [-0.25, -0.2) is 0 Å². The molecule has 0 unspecified atom stereocenters. The average Bonchev–Trinajstić information content (AvgIpc) is 2.56. The summed E-state index contributed by atoms with van der Waals surface area (Å²) in [6.45, 7) is 8.94. The van der Waals surface area contributed by atoms with Gasteiger partial charge in [0.25, 0.3) is 0 Å². The van der Waals surface area contributed by atoms with Crippen molar-refractivity contribution in [1.29, 1.82) is 0 Å². The monoisotopic (exact) mass is 201 g/mol. The molecule has 2 aromatic rings. The lowest BCUT2D eigenvalue weighted by atomic mass is 9.82. The normalized spacial score (nSPS) is 12.3. The van der Waals surface area contributed by atoms with Crippen LogP contribution in [0.4, 0.5) is 0 Å². The highest BCUT2D eigenvalue weighted by Crippen LogP contribution is 2.29. The summed E-state index contributed by atoms with van der Waals surface area (Å²) in [6.07, 6.45) is 1.17. The maximum absolute atomic E-state index is 3.36. The molecule has 0 spiro atoms. The Kier molecular flexibility index (Phi) is 2.34. The second kappa shape index (κ2) is 3.41. The van der Waals surface area contributed by atoms with Crippen molar-refractivity contribution in [3.8, 4) is 0 Å². The lowest BCUT2D eigenvalue weighted by Crippen LogP contribution is -2.14. The number of aromatic nitrogens is 1. The van der Waals surface area contributed by atoms with Crippen LogP contribution in [0.3, 0.4) is 0 Å². The van der Waals surface area contributed by atoms with Gasteiger partial charge in [0.2, 0.25) is 0 Å². The number of H-pyrrole nitrogens is 1. The standard InChI is InChI=1S/C14H19N/c1-5-14(3,4)12-6-7-13-11(9-12)8-10(2)15-13/h6-9,15H,5H2,1-4H3. The predicted molar refractivity (Wildman–Crippen MR) is 66.4 cm³/mol. The highest BCUT2D eigenvalue weighted by molar-refractivity contribution is 5.81. The molecule has 0 bridgehead atoms. The minimum Gasteiger partial charge on any atom is -0.359 e. The predicted octanol–water partition coefficient (Wildman–Crippen LogP) is 4.16. The van der Waals surface area contributed by atoms with E-state index in [-0.39, 0.29) is 5.41 Å². The Morgan fingerprint density at radius 3 is 2.60 bits per heavy atom. The van der Waals surface area contributed by atoms with Crippen LogP contribution in [0.25, 0.3) is 10.9 Å². The minimum atomic E-state index is 0.277. The van der Waals surface area contributed by atoms with Crippen molar-refractivity contribution in [3.63, 3.8) is 0 Å². The summed E-state index contributed by atoms with van der Waals surface area (Å²) in [6, 6.07) is 8.95. The number of aryl methyl sites for hydroxylation is 1. The third kappa shape index (κ3) is 1.79. The van der Waals surface area contributed by atoms with Crippen LogP contribution in [-0.2, 0) is 5.41 Å². The first-order chi connectivity index (χ1) is 7.03. The van der Waals surface area contributed by atoms with Gasteiger partial charge in [0.15, 0.2) is 0 Å². The zero-order chi connectivity index (χ0) is 11.1. The molecule has 0 aliphatic rings. The number of nitrogens with one attached hydrogen (secondary N) is 1. The van der Waals surface area contributed by atoms with Gasteiger partial charge >= 0.3 is 0 Å². The summed E-state index contributed by atoms with van der Waals surface area (Å²) in [5, 5.41) is 1.33. The first-order valence-electron chi connectivity index (χ1n) is 5.63. The molecule has 15 heavy (non-hydrogen) atoms. The largest absolute Gasteiger partial charge is 0.359 e. The fraction of sp³-hybridized carbons (Fsp3) is 0.429. The van der Waals surface area contributed by atoms with Gasteiger partial charge in [-0.15, -0.1) is 0 Å².